The maximum absolute atomic E-state index is 6.04. The summed E-state index contributed by atoms with van der Waals surface area (Å²) >= 11 is 0. The van der Waals surface area contributed by atoms with Gasteiger partial charge in [-0.3, -0.25) is 0 Å². The Bertz CT molecular complexity index is 564. The van der Waals surface area contributed by atoms with Gasteiger partial charge in [-0.25, -0.2) is 0 Å². The number of nitrogens with one attached hydrogen (secondary N) is 1. The second-order valence-electron chi connectivity index (χ2n) is 8.83. The second-order valence-corrected chi connectivity index (χ2v) is 8.83. The fraction of sp³-hybridized carbons (Fsp3) is 0.727. The fourth-order valence-corrected chi connectivity index (χ4v) is 4.75. The maximum Gasteiger partial charge on any atom is 0.118 e. The zero-order valence-corrected chi connectivity index (χ0v) is 17.0. The molecule has 2 aliphatic rings. The predicted molar refractivity (Wildman–Crippen MR) is 107 cm³/mol. The van der Waals surface area contributed by atoms with E-state index in [9.17, 15) is 0 Å². The van der Waals surface area contributed by atoms with Crippen LogP contribution in [0.1, 0.15) is 51.5 Å². The van der Waals surface area contributed by atoms with Crippen molar-refractivity contribution >= 4 is 0 Å². The molecule has 0 radical (unpaired) electrons. The summed E-state index contributed by atoms with van der Waals surface area (Å²) in [4.78, 5) is 2.43. The minimum atomic E-state index is -0.0638. The van der Waals surface area contributed by atoms with Crippen molar-refractivity contribution in [1.29, 1.82) is 0 Å². The molecule has 2 heterocycles. The van der Waals surface area contributed by atoms with E-state index in [1.807, 2.05) is 0 Å². The van der Waals surface area contributed by atoms with Crippen LogP contribution < -0.4 is 10.1 Å². The van der Waals surface area contributed by atoms with Crippen molar-refractivity contribution < 1.29 is 9.47 Å². The summed E-state index contributed by atoms with van der Waals surface area (Å²) < 4.78 is 11.4. The molecule has 4 heteroatoms. The van der Waals surface area contributed by atoms with Crippen LogP contribution in [0.2, 0.25) is 0 Å². The fourth-order valence-electron chi connectivity index (χ4n) is 4.75. The highest BCUT2D eigenvalue weighted by Gasteiger charge is 2.41. The standard InChI is InChI=1S/C22H36N2O2/c1-21(2)17-22(12-16-26-21,18-5-7-20(25-4)8-6-18)11-13-23-19-9-14-24(3)15-10-19/h5-8,19,23H,9-17H2,1-4H3. The minimum absolute atomic E-state index is 0.0638. The van der Waals surface area contributed by atoms with Crippen LogP contribution in [0.5, 0.6) is 5.75 Å². The minimum Gasteiger partial charge on any atom is -0.497 e. The second kappa shape index (κ2) is 8.28. The number of hydrogen-bond donors (Lipinski definition) is 1. The van der Waals surface area contributed by atoms with Crippen LogP contribution in [0.4, 0.5) is 0 Å². The number of ether oxygens (including phenoxy) is 2. The van der Waals surface area contributed by atoms with E-state index in [1.54, 1.807) is 7.11 Å². The molecular weight excluding hydrogens is 324 g/mol. The molecular formula is C22H36N2O2. The Labute approximate surface area is 159 Å². The zero-order valence-electron chi connectivity index (χ0n) is 17.0. The first-order valence-corrected chi connectivity index (χ1v) is 10.1. The summed E-state index contributed by atoms with van der Waals surface area (Å²) in [7, 11) is 3.95. The van der Waals surface area contributed by atoms with Gasteiger partial charge >= 0.3 is 0 Å². The van der Waals surface area contributed by atoms with Crippen molar-refractivity contribution in [2.24, 2.45) is 0 Å². The van der Waals surface area contributed by atoms with Gasteiger partial charge < -0.3 is 19.7 Å². The summed E-state index contributed by atoms with van der Waals surface area (Å²) in [6.07, 6.45) is 5.86. The van der Waals surface area contributed by atoms with Crippen molar-refractivity contribution in [3.63, 3.8) is 0 Å². The van der Waals surface area contributed by atoms with Gasteiger partial charge in [0.2, 0.25) is 0 Å². The molecule has 3 rings (SSSR count). The number of likely N-dealkylation sites (tertiary alicyclic amines) is 1. The van der Waals surface area contributed by atoms with Gasteiger partial charge in [-0.1, -0.05) is 12.1 Å². The third-order valence-corrected chi connectivity index (χ3v) is 6.30. The van der Waals surface area contributed by atoms with Crippen molar-refractivity contribution in [2.45, 2.75) is 63.0 Å². The summed E-state index contributed by atoms with van der Waals surface area (Å²) in [6, 6.07) is 9.39. The summed E-state index contributed by atoms with van der Waals surface area (Å²) in [5.41, 5.74) is 1.55. The van der Waals surface area contributed by atoms with E-state index in [4.69, 9.17) is 9.47 Å². The highest BCUT2D eigenvalue weighted by Crippen LogP contribution is 2.44. The lowest BCUT2D eigenvalue weighted by atomic mass is 9.67. The van der Waals surface area contributed by atoms with E-state index >= 15 is 0 Å². The van der Waals surface area contributed by atoms with E-state index < -0.39 is 0 Å². The molecule has 2 fully saturated rings. The molecule has 1 aromatic rings. The molecule has 2 saturated heterocycles. The largest absolute Gasteiger partial charge is 0.497 e. The first kappa shape index (κ1) is 19.7. The average molecular weight is 361 g/mol. The topological polar surface area (TPSA) is 33.7 Å². The Morgan fingerprint density at radius 2 is 1.88 bits per heavy atom. The molecule has 146 valence electrons. The molecule has 0 amide bonds. The third kappa shape index (κ3) is 4.79. The van der Waals surface area contributed by atoms with E-state index in [2.05, 4.69) is 55.4 Å². The molecule has 26 heavy (non-hydrogen) atoms. The molecule has 0 aromatic heterocycles. The van der Waals surface area contributed by atoms with Crippen LogP contribution in [-0.2, 0) is 10.2 Å². The third-order valence-electron chi connectivity index (χ3n) is 6.30. The summed E-state index contributed by atoms with van der Waals surface area (Å²) in [6.45, 7) is 8.80. The van der Waals surface area contributed by atoms with E-state index in [0.717, 1.165) is 31.7 Å². The van der Waals surface area contributed by atoms with Gasteiger partial charge in [-0.15, -0.1) is 0 Å². The molecule has 4 nitrogen and oxygen atoms in total. The van der Waals surface area contributed by atoms with Gasteiger partial charge in [0.05, 0.1) is 12.7 Å². The molecule has 2 aliphatic heterocycles. The SMILES string of the molecule is COc1ccc(C2(CCNC3CCN(C)CC3)CCOC(C)(C)C2)cc1. The monoisotopic (exact) mass is 360 g/mol. The van der Waals surface area contributed by atoms with Crippen LogP contribution in [-0.4, -0.2) is 56.9 Å². The number of rotatable bonds is 6. The molecule has 1 atom stereocenters. The highest BCUT2D eigenvalue weighted by atomic mass is 16.5. The number of benzene rings is 1. The van der Waals surface area contributed by atoms with Crippen LogP contribution in [0.3, 0.4) is 0 Å². The normalized spacial score (nSPS) is 27.4. The number of hydrogen-bond acceptors (Lipinski definition) is 4. The molecule has 0 bridgehead atoms. The van der Waals surface area contributed by atoms with Gasteiger partial charge in [0.25, 0.3) is 0 Å². The van der Waals surface area contributed by atoms with Crippen molar-refractivity contribution in [3.8, 4) is 5.75 Å². The van der Waals surface area contributed by atoms with Crippen LogP contribution in [0.25, 0.3) is 0 Å². The van der Waals surface area contributed by atoms with Crippen LogP contribution in [0.15, 0.2) is 24.3 Å². The Hall–Kier alpha value is -1.10. The lowest BCUT2D eigenvalue weighted by Gasteiger charge is -2.46. The van der Waals surface area contributed by atoms with Gasteiger partial charge in [0, 0.05) is 18.1 Å². The molecule has 0 saturated carbocycles. The lowest BCUT2D eigenvalue weighted by molar-refractivity contribution is -0.0841. The number of methoxy groups -OCH3 is 1. The predicted octanol–water partition coefficient (Wildman–Crippen LogP) is 3.60. The van der Waals surface area contributed by atoms with Crippen LogP contribution in [0, 0.1) is 0 Å². The Morgan fingerprint density at radius 3 is 2.50 bits per heavy atom. The molecule has 1 aromatic carbocycles. The Kier molecular flexibility index (Phi) is 6.26. The highest BCUT2D eigenvalue weighted by molar-refractivity contribution is 5.33. The number of nitrogens with zero attached hydrogens (tertiary/aromatic N) is 1. The van der Waals surface area contributed by atoms with Crippen molar-refractivity contribution in [3.05, 3.63) is 29.8 Å². The van der Waals surface area contributed by atoms with E-state index in [0.29, 0.717) is 6.04 Å². The Balaban J connectivity index is 1.68. The summed E-state index contributed by atoms with van der Waals surface area (Å²) in [5.74, 6) is 0.930. The zero-order chi connectivity index (χ0) is 18.6. The molecule has 1 unspecified atom stereocenters. The van der Waals surface area contributed by atoms with Crippen molar-refractivity contribution in [2.75, 3.05) is 40.4 Å². The maximum atomic E-state index is 6.04. The van der Waals surface area contributed by atoms with Gasteiger partial charge in [-0.05, 0) is 90.3 Å². The lowest BCUT2D eigenvalue weighted by Crippen LogP contribution is -2.47. The first-order chi connectivity index (χ1) is 12.4. The van der Waals surface area contributed by atoms with Crippen molar-refractivity contribution in [1.82, 2.24) is 10.2 Å². The number of piperidine rings is 1. The smallest absolute Gasteiger partial charge is 0.118 e. The van der Waals surface area contributed by atoms with Crippen LogP contribution >= 0.6 is 0 Å². The quantitative estimate of drug-likeness (QED) is 0.840. The Morgan fingerprint density at radius 1 is 1.19 bits per heavy atom. The van der Waals surface area contributed by atoms with E-state index in [1.165, 1.54) is 37.9 Å². The molecule has 0 spiro atoms. The average Bonchev–Trinajstić information content (AvgIpc) is 2.63. The summed E-state index contributed by atoms with van der Waals surface area (Å²) in [5, 5.41) is 3.84. The van der Waals surface area contributed by atoms with Gasteiger partial charge in [0.1, 0.15) is 5.75 Å². The molecule has 1 N–H and O–H groups in total. The van der Waals surface area contributed by atoms with E-state index in [-0.39, 0.29) is 11.0 Å². The van der Waals surface area contributed by atoms with Gasteiger partial charge in [0.15, 0.2) is 0 Å². The first-order valence-electron chi connectivity index (χ1n) is 10.1. The molecule has 0 aliphatic carbocycles. The van der Waals surface area contributed by atoms with Gasteiger partial charge in [-0.2, -0.15) is 0 Å².